The van der Waals surface area contributed by atoms with E-state index in [4.69, 9.17) is 15.6 Å². The van der Waals surface area contributed by atoms with E-state index in [0.717, 1.165) is 6.42 Å². The Bertz CT molecular complexity index is 59.0. The first kappa shape index (κ1) is 8.88. The van der Waals surface area contributed by atoms with Crippen LogP contribution in [0.3, 0.4) is 0 Å². The highest BCUT2D eigenvalue weighted by atomic mass is 16.5. The molecule has 0 aliphatic carbocycles. The Labute approximate surface area is 55.8 Å². The van der Waals surface area contributed by atoms with Gasteiger partial charge in [0, 0.05) is 0 Å². The van der Waals surface area contributed by atoms with Crippen LogP contribution in [0.5, 0.6) is 0 Å². The number of aliphatic hydroxyl groups excluding tert-OH is 1. The molecule has 0 amide bonds. The smallest absolute Gasteiger partial charge is 0.0701 e. The summed E-state index contributed by atoms with van der Waals surface area (Å²) in [5.41, 5.74) is 5.26. The van der Waals surface area contributed by atoms with Gasteiger partial charge >= 0.3 is 0 Å². The molecular formula is C6H15NO2. The molecule has 0 spiro atoms. The third kappa shape index (κ3) is 5.76. The number of hydrogen-bond acceptors (Lipinski definition) is 3. The molecule has 1 unspecified atom stereocenters. The van der Waals surface area contributed by atoms with Crippen molar-refractivity contribution in [3.05, 3.63) is 0 Å². The van der Waals surface area contributed by atoms with E-state index >= 15 is 0 Å². The molecule has 1 atom stereocenters. The van der Waals surface area contributed by atoms with E-state index < -0.39 is 0 Å². The first-order valence-electron chi connectivity index (χ1n) is 3.23. The van der Waals surface area contributed by atoms with Gasteiger partial charge in [-0.05, 0) is 19.9 Å². The monoisotopic (exact) mass is 133 g/mol. The van der Waals surface area contributed by atoms with E-state index in [0.29, 0.717) is 13.2 Å². The highest BCUT2D eigenvalue weighted by molar-refractivity contribution is 4.49. The van der Waals surface area contributed by atoms with Crippen LogP contribution in [0.15, 0.2) is 0 Å². The fourth-order valence-corrected chi connectivity index (χ4v) is 0.572. The largest absolute Gasteiger partial charge is 0.394 e. The van der Waals surface area contributed by atoms with Gasteiger partial charge in [0.05, 0.1) is 19.3 Å². The van der Waals surface area contributed by atoms with Gasteiger partial charge in [-0.25, -0.2) is 0 Å². The van der Waals surface area contributed by atoms with Crippen molar-refractivity contribution in [1.82, 2.24) is 0 Å². The molecule has 0 radical (unpaired) electrons. The molecule has 0 fully saturated rings. The molecule has 0 heterocycles. The van der Waals surface area contributed by atoms with Crippen molar-refractivity contribution < 1.29 is 9.84 Å². The first-order valence-corrected chi connectivity index (χ1v) is 3.23. The van der Waals surface area contributed by atoms with E-state index in [2.05, 4.69) is 0 Å². The number of rotatable bonds is 5. The Morgan fingerprint density at radius 3 is 2.78 bits per heavy atom. The number of nitrogens with two attached hydrogens (primary N) is 1. The summed E-state index contributed by atoms with van der Waals surface area (Å²) in [4.78, 5) is 0. The summed E-state index contributed by atoms with van der Waals surface area (Å²) in [5, 5.41) is 8.33. The maximum absolute atomic E-state index is 8.33. The number of aliphatic hydroxyl groups is 1. The molecule has 0 saturated heterocycles. The van der Waals surface area contributed by atoms with E-state index in [1.54, 1.807) is 0 Å². The molecule has 0 aliphatic rings. The van der Waals surface area contributed by atoms with Gasteiger partial charge in [0.2, 0.25) is 0 Å². The van der Waals surface area contributed by atoms with E-state index in [1.807, 2.05) is 6.92 Å². The second kappa shape index (κ2) is 6.01. The van der Waals surface area contributed by atoms with Crippen molar-refractivity contribution in [2.24, 2.45) is 5.73 Å². The van der Waals surface area contributed by atoms with Gasteiger partial charge in [-0.2, -0.15) is 0 Å². The van der Waals surface area contributed by atoms with Gasteiger partial charge in [-0.15, -0.1) is 0 Å². The molecule has 0 aromatic rings. The van der Waals surface area contributed by atoms with Crippen molar-refractivity contribution in [3.63, 3.8) is 0 Å². The summed E-state index contributed by atoms with van der Waals surface area (Å²) >= 11 is 0. The van der Waals surface area contributed by atoms with E-state index in [-0.39, 0.29) is 12.7 Å². The van der Waals surface area contributed by atoms with E-state index in [9.17, 15) is 0 Å². The zero-order chi connectivity index (χ0) is 7.11. The van der Waals surface area contributed by atoms with Crippen LogP contribution in [-0.4, -0.2) is 31.0 Å². The standard InChI is InChI=1S/C6H15NO2/c1-6(2-3-7)9-5-4-8/h6,8H,2-5,7H2,1H3. The number of ether oxygens (including phenoxy) is 1. The summed E-state index contributed by atoms with van der Waals surface area (Å²) in [6.45, 7) is 3.10. The lowest BCUT2D eigenvalue weighted by molar-refractivity contribution is 0.0361. The normalized spacial score (nSPS) is 13.7. The summed E-state index contributed by atoms with van der Waals surface area (Å²) < 4.78 is 5.10. The lowest BCUT2D eigenvalue weighted by Crippen LogP contribution is -2.15. The van der Waals surface area contributed by atoms with Crippen molar-refractivity contribution >= 4 is 0 Å². The molecule has 3 heteroatoms. The summed E-state index contributed by atoms with van der Waals surface area (Å²) in [6.07, 6.45) is 1.04. The van der Waals surface area contributed by atoms with Crippen molar-refractivity contribution in [3.8, 4) is 0 Å². The summed E-state index contributed by atoms with van der Waals surface area (Å²) in [6, 6.07) is 0. The molecule has 9 heavy (non-hydrogen) atoms. The van der Waals surface area contributed by atoms with Crippen LogP contribution in [0.4, 0.5) is 0 Å². The maximum Gasteiger partial charge on any atom is 0.0701 e. The minimum absolute atomic E-state index is 0.0922. The van der Waals surface area contributed by atoms with Gasteiger partial charge in [-0.3, -0.25) is 0 Å². The van der Waals surface area contributed by atoms with Crippen LogP contribution in [0.2, 0.25) is 0 Å². The van der Waals surface area contributed by atoms with Crippen molar-refractivity contribution in [2.75, 3.05) is 19.8 Å². The Balaban J connectivity index is 2.95. The van der Waals surface area contributed by atoms with Gasteiger partial charge in [-0.1, -0.05) is 0 Å². The summed E-state index contributed by atoms with van der Waals surface area (Å²) in [7, 11) is 0. The van der Waals surface area contributed by atoms with Crippen LogP contribution >= 0.6 is 0 Å². The molecule has 0 aromatic heterocycles. The Morgan fingerprint density at radius 2 is 2.33 bits per heavy atom. The third-order valence-corrected chi connectivity index (χ3v) is 1.07. The fraction of sp³-hybridized carbons (Fsp3) is 1.00. The molecular weight excluding hydrogens is 118 g/mol. The van der Waals surface area contributed by atoms with Gasteiger partial charge < -0.3 is 15.6 Å². The van der Waals surface area contributed by atoms with Crippen LogP contribution in [0.25, 0.3) is 0 Å². The fourth-order valence-electron chi connectivity index (χ4n) is 0.572. The quantitative estimate of drug-likeness (QED) is 0.543. The minimum atomic E-state index is 0.0922. The topological polar surface area (TPSA) is 55.5 Å². The lowest BCUT2D eigenvalue weighted by Gasteiger charge is -2.09. The molecule has 0 aromatic carbocycles. The molecule has 3 N–H and O–H groups in total. The summed E-state index contributed by atoms with van der Waals surface area (Å²) in [5.74, 6) is 0. The predicted octanol–water partition coefficient (Wildman–Crippen LogP) is -0.267. The number of hydrogen-bond donors (Lipinski definition) is 2. The zero-order valence-electron chi connectivity index (χ0n) is 5.84. The second-order valence-corrected chi connectivity index (χ2v) is 1.98. The van der Waals surface area contributed by atoms with Crippen molar-refractivity contribution in [1.29, 1.82) is 0 Å². The molecule has 0 aliphatic heterocycles. The third-order valence-electron chi connectivity index (χ3n) is 1.07. The molecule has 3 nitrogen and oxygen atoms in total. The Hall–Kier alpha value is -0.120. The SMILES string of the molecule is CC(CCN)OCCO. The molecule has 56 valence electrons. The maximum atomic E-state index is 8.33. The zero-order valence-corrected chi connectivity index (χ0v) is 5.84. The van der Waals surface area contributed by atoms with Crippen LogP contribution < -0.4 is 5.73 Å². The lowest BCUT2D eigenvalue weighted by atomic mass is 10.3. The van der Waals surface area contributed by atoms with Crippen LogP contribution in [0, 0.1) is 0 Å². The Kier molecular flexibility index (Phi) is 5.93. The average molecular weight is 133 g/mol. The molecule has 0 saturated carbocycles. The molecule has 0 bridgehead atoms. The van der Waals surface area contributed by atoms with E-state index in [1.165, 1.54) is 0 Å². The van der Waals surface area contributed by atoms with Crippen LogP contribution in [0.1, 0.15) is 13.3 Å². The second-order valence-electron chi connectivity index (χ2n) is 1.98. The van der Waals surface area contributed by atoms with Crippen LogP contribution in [-0.2, 0) is 4.74 Å². The highest BCUT2D eigenvalue weighted by Gasteiger charge is 1.97. The molecule has 0 rings (SSSR count). The average Bonchev–Trinajstić information content (AvgIpc) is 1.85. The first-order chi connectivity index (χ1) is 4.31. The van der Waals surface area contributed by atoms with Gasteiger partial charge in [0.25, 0.3) is 0 Å². The van der Waals surface area contributed by atoms with Gasteiger partial charge in [0.1, 0.15) is 0 Å². The Morgan fingerprint density at radius 1 is 1.67 bits per heavy atom. The minimum Gasteiger partial charge on any atom is -0.394 e. The van der Waals surface area contributed by atoms with Gasteiger partial charge in [0.15, 0.2) is 0 Å². The van der Waals surface area contributed by atoms with Crippen molar-refractivity contribution in [2.45, 2.75) is 19.4 Å². The predicted molar refractivity (Wildman–Crippen MR) is 36.2 cm³/mol. The highest BCUT2D eigenvalue weighted by Crippen LogP contribution is 1.93.